The van der Waals surface area contributed by atoms with Gasteiger partial charge in [0.1, 0.15) is 6.29 Å². The van der Waals surface area contributed by atoms with E-state index in [1.807, 2.05) is 12.1 Å². The molecule has 1 aromatic rings. The summed E-state index contributed by atoms with van der Waals surface area (Å²) in [6.07, 6.45) is 0.921. The van der Waals surface area contributed by atoms with Crippen molar-refractivity contribution in [1.82, 2.24) is 5.32 Å². The van der Waals surface area contributed by atoms with Crippen LogP contribution in [0.2, 0.25) is 0 Å². The van der Waals surface area contributed by atoms with Gasteiger partial charge < -0.3 is 10.1 Å². The zero-order chi connectivity index (χ0) is 10.6. The molecular formula is C12H17NO. The molecule has 14 heavy (non-hydrogen) atoms. The Morgan fingerprint density at radius 1 is 1.14 bits per heavy atom. The lowest BCUT2D eigenvalue weighted by atomic mass is 9.99. The minimum Gasteiger partial charge on any atom is -0.307 e. The second kappa shape index (κ2) is 4.91. The maximum absolute atomic E-state index is 10.7. The summed E-state index contributed by atoms with van der Waals surface area (Å²) >= 11 is 0. The van der Waals surface area contributed by atoms with Crippen molar-refractivity contribution in [1.29, 1.82) is 0 Å². The number of carbonyl (C=O) groups excluding carboxylic acids is 1. The predicted octanol–water partition coefficient (Wildman–Crippen LogP) is 2.27. The monoisotopic (exact) mass is 191 g/mol. The number of nitrogens with one attached hydrogen (secondary N) is 1. The fourth-order valence-corrected chi connectivity index (χ4v) is 1.40. The van der Waals surface area contributed by atoms with Gasteiger partial charge in [-0.2, -0.15) is 0 Å². The molecule has 0 bridgehead atoms. The molecule has 0 saturated heterocycles. The number of benzene rings is 1. The average Bonchev–Trinajstić information content (AvgIpc) is 2.20. The number of hydrogen-bond donors (Lipinski definition) is 1. The van der Waals surface area contributed by atoms with E-state index in [-0.39, 0.29) is 6.04 Å². The van der Waals surface area contributed by atoms with Crippen LogP contribution in [0.1, 0.15) is 36.9 Å². The second-order valence-electron chi connectivity index (χ2n) is 3.72. The van der Waals surface area contributed by atoms with E-state index in [1.165, 1.54) is 5.56 Å². The molecule has 1 rings (SSSR count). The Morgan fingerprint density at radius 3 is 2.00 bits per heavy atom. The third kappa shape index (κ3) is 2.42. The smallest absolute Gasteiger partial charge is 0.141 e. The summed E-state index contributed by atoms with van der Waals surface area (Å²) in [5, 5.41) is 2.95. The molecule has 2 heteroatoms. The van der Waals surface area contributed by atoms with Crippen LogP contribution in [0.5, 0.6) is 0 Å². The van der Waals surface area contributed by atoms with Crippen LogP contribution in [0.15, 0.2) is 24.3 Å². The quantitative estimate of drug-likeness (QED) is 0.740. The Morgan fingerprint density at radius 2 is 1.64 bits per heavy atom. The maximum Gasteiger partial charge on any atom is 0.141 e. The fraction of sp³-hybridized carbons (Fsp3) is 0.417. The molecule has 0 heterocycles. The van der Waals surface area contributed by atoms with Crippen LogP contribution < -0.4 is 5.32 Å². The predicted molar refractivity (Wildman–Crippen MR) is 58.4 cm³/mol. The standard InChI is InChI=1S/C12H17NO/c1-9(2)10-4-6-11(7-5-10)12(8-14)13-3/h4-9,12-13H,1-3H3. The first-order valence-electron chi connectivity index (χ1n) is 4.91. The number of rotatable bonds is 4. The molecule has 0 aromatic heterocycles. The Kier molecular flexibility index (Phi) is 3.84. The minimum atomic E-state index is -0.184. The first-order chi connectivity index (χ1) is 6.69. The van der Waals surface area contributed by atoms with E-state index in [4.69, 9.17) is 0 Å². The number of hydrogen-bond acceptors (Lipinski definition) is 2. The average molecular weight is 191 g/mol. The molecule has 0 amide bonds. The van der Waals surface area contributed by atoms with Crippen molar-refractivity contribution in [2.45, 2.75) is 25.8 Å². The van der Waals surface area contributed by atoms with E-state index in [0.717, 1.165) is 11.8 Å². The number of aldehydes is 1. The van der Waals surface area contributed by atoms with Gasteiger partial charge in [0.15, 0.2) is 0 Å². The molecule has 0 aliphatic carbocycles. The van der Waals surface area contributed by atoms with Crippen molar-refractivity contribution in [3.05, 3.63) is 35.4 Å². The van der Waals surface area contributed by atoms with Crippen molar-refractivity contribution in [3.8, 4) is 0 Å². The third-order valence-electron chi connectivity index (χ3n) is 2.41. The summed E-state index contributed by atoms with van der Waals surface area (Å²) < 4.78 is 0. The topological polar surface area (TPSA) is 29.1 Å². The molecule has 1 unspecified atom stereocenters. The van der Waals surface area contributed by atoms with Gasteiger partial charge in [-0.1, -0.05) is 38.1 Å². The normalized spacial score (nSPS) is 12.9. The van der Waals surface area contributed by atoms with Gasteiger partial charge in [0.2, 0.25) is 0 Å². The Bertz CT molecular complexity index is 290. The van der Waals surface area contributed by atoms with Crippen LogP contribution in [0, 0.1) is 0 Å². The molecule has 0 aliphatic rings. The third-order valence-corrected chi connectivity index (χ3v) is 2.41. The summed E-state index contributed by atoms with van der Waals surface area (Å²) in [6.45, 7) is 4.31. The van der Waals surface area contributed by atoms with E-state index in [0.29, 0.717) is 5.92 Å². The lowest BCUT2D eigenvalue weighted by Crippen LogP contribution is -2.17. The molecule has 1 atom stereocenters. The van der Waals surface area contributed by atoms with E-state index in [2.05, 4.69) is 31.3 Å². The largest absolute Gasteiger partial charge is 0.307 e. The molecule has 1 N–H and O–H groups in total. The van der Waals surface area contributed by atoms with Gasteiger partial charge in [-0.15, -0.1) is 0 Å². The molecule has 0 radical (unpaired) electrons. The maximum atomic E-state index is 10.7. The van der Waals surface area contributed by atoms with Crippen LogP contribution in [0.4, 0.5) is 0 Å². The summed E-state index contributed by atoms with van der Waals surface area (Å²) in [6, 6.07) is 7.98. The second-order valence-corrected chi connectivity index (χ2v) is 3.72. The first kappa shape index (κ1) is 10.9. The highest BCUT2D eigenvalue weighted by atomic mass is 16.1. The van der Waals surface area contributed by atoms with Crippen LogP contribution in [-0.2, 0) is 4.79 Å². The fourth-order valence-electron chi connectivity index (χ4n) is 1.40. The summed E-state index contributed by atoms with van der Waals surface area (Å²) in [5.74, 6) is 0.535. The van der Waals surface area contributed by atoms with Crippen molar-refractivity contribution in [3.63, 3.8) is 0 Å². The van der Waals surface area contributed by atoms with Gasteiger partial charge in [-0.25, -0.2) is 0 Å². The number of likely N-dealkylation sites (N-methyl/N-ethyl adjacent to an activating group) is 1. The van der Waals surface area contributed by atoms with E-state index < -0.39 is 0 Å². The lowest BCUT2D eigenvalue weighted by molar-refractivity contribution is -0.109. The Balaban J connectivity index is 2.87. The molecule has 0 spiro atoms. The van der Waals surface area contributed by atoms with Crippen LogP contribution in [0.25, 0.3) is 0 Å². The SMILES string of the molecule is CNC(C=O)c1ccc(C(C)C)cc1. The van der Waals surface area contributed by atoms with Crippen LogP contribution in [-0.4, -0.2) is 13.3 Å². The van der Waals surface area contributed by atoms with Crippen LogP contribution in [0.3, 0.4) is 0 Å². The summed E-state index contributed by atoms with van der Waals surface area (Å²) in [4.78, 5) is 10.7. The molecule has 2 nitrogen and oxygen atoms in total. The highest BCUT2D eigenvalue weighted by Gasteiger charge is 2.07. The van der Waals surface area contributed by atoms with Crippen molar-refractivity contribution >= 4 is 6.29 Å². The van der Waals surface area contributed by atoms with Gasteiger partial charge in [0.05, 0.1) is 6.04 Å². The summed E-state index contributed by atoms with van der Waals surface area (Å²) in [7, 11) is 1.79. The summed E-state index contributed by atoms with van der Waals surface area (Å²) in [5.41, 5.74) is 2.32. The van der Waals surface area contributed by atoms with Gasteiger partial charge in [-0.05, 0) is 24.1 Å². The van der Waals surface area contributed by atoms with E-state index in [9.17, 15) is 4.79 Å². The molecule has 76 valence electrons. The molecule has 0 fully saturated rings. The van der Waals surface area contributed by atoms with E-state index in [1.54, 1.807) is 7.05 Å². The highest BCUT2D eigenvalue weighted by molar-refractivity contribution is 5.61. The van der Waals surface area contributed by atoms with Gasteiger partial charge >= 0.3 is 0 Å². The highest BCUT2D eigenvalue weighted by Crippen LogP contribution is 2.17. The van der Waals surface area contributed by atoms with Gasteiger partial charge in [0, 0.05) is 0 Å². The van der Waals surface area contributed by atoms with Crippen LogP contribution >= 0.6 is 0 Å². The molecule has 0 aliphatic heterocycles. The molecule has 0 saturated carbocycles. The van der Waals surface area contributed by atoms with E-state index >= 15 is 0 Å². The van der Waals surface area contributed by atoms with Crippen molar-refractivity contribution in [2.24, 2.45) is 0 Å². The first-order valence-corrected chi connectivity index (χ1v) is 4.91. The molecule has 1 aromatic carbocycles. The van der Waals surface area contributed by atoms with Crippen molar-refractivity contribution in [2.75, 3.05) is 7.05 Å². The van der Waals surface area contributed by atoms with Gasteiger partial charge in [-0.3, -0.25) is 0 Å². The molecular weight excluding hydrogens is 174 g/mol. The number of carbonyl (C=O) groups is 1. The van der Waals surface area contributed by atoms with Crippen molar-refractivity contribution < 1.29 is 4.79 Å². The lowest BCUT2D eigenvalue weighted by Gasteiger charge is -2.11. The zero-order valence-corrected chi connectivity index (χ0v) is 8.95. The zero-order valence-electron chi connectivity index (χ0n) is 8.95. The van der Waals surface area contributed by atoms with Gasteiger partial charge in [0.25, 0.3) is 0 Å². The minimum absolute atomic E-state index is 0.184. The Hall–Kier alpha value is -1.15. The Labute approximate surface area is 85.3 Å².